The average Bonchev–Trinajstić information content (AvgIpc) is 1.87. The van der Waals surface area contributed by atoms with Crippen molar-refractivity contribution in [3.8, 4) is 0 Å². The highest BCUT2D eigenvalue weighted by atomic mass is 16.5. The van der Waals surface area contributed by atoms with Crippen molar-refractivity contribution in [2.24, 2.45) is 0 Å². The van der Waals surface area contributed by atoms with Gasteiger partial charge in [-0.05, 0) is 0 Å². The lowest BCUT2D eigenvalue weighted by Gasteiger charge is -2.44. The van der Waals surface area contributed by atoms with E-state index in [9.17, 15) is 0 Å². The zero-order valence-electron chi connectivity index (χ0n) is 5.31. The first-order chi connectivity index (χ1) is 4.41. The van der Waals surface area contributed by atoms with Gasteiger partial charge >= 0.3 is 0 Å². The SMILES string of the molecule is [CH]1OCC12CNCCN2. The summed E-state index contributed by atoms with van der Waals surface area (Å²) >= 11 is 0. The molecule has 2 aliphatic rings. The van der Waals surface area contributed by atoms with Gasteiger partial charge in [-0.15, -0.1) is 0 Å². The second-order valence-corrected chi connectivity index (χ2v) is 2.69. The van der Waals surface area contributed by atoms with Crippen LogP contribution in [0.1, 0.15) is 0 Å². The van der Waals surface area contributed by atoms with Gasteiger partial charge in [-0.1, -0.05) is 0 Å². The van der Waals surface area contributed by atoms with E-state index < -0.39 is 0 Å². The van der Waals surface area contributed by atoms with Crippen molar-refractivity contribution in [2.45, 2.75) is 5.54 Å². The molecule has 2 N–H and O–H groups in total. The highest BCUT2D eigenvalue weighted by Gasteiger charge is 2.39. The molecule has 3 heteroatoms. The summed E-state index contributed by atoms with van der Waals surface area (Å²) in [6, 6.07) is 0. The maximum absolute atomic E-state index is 4.99. The molecule has 0 bridgehead atoms. The zero-order valence-corrected chi connectivity index (χ0v) is 5.31. The Hall–Kier alpha value is -0.120. The average molecular weight is 127 g/mol. The second kappa shape index (κ2) is 1.94. The van der Waals surface area contributed by atoms with Crippen LogP contribution >= 0.6 is 0 Å². The summed E-state index contributed by atoms with van der Waals surface area (Å²) in [4.78, 5) is 0. The number of hydrogen-bond donors (Lipinski definition) is 2. The van der Waals surface area contributed by atoms with Crippen LogP contribution in [0.4, 0.5) is 0 Å². The van der Waals surface area contributed by atoms with Gasteiger partial charge in [0.15, 0.2) is 0 Å². The predicted molar refractivity (Wildman–Crippen MR) is 33.9 cm³/mol. The minimum atomic E-state index is 0.193. The van der Waals surface area contributed by atoms with Crippen molar-refractivity contribution in [3.05, 3.63) is 6.61 Å². The van der Waals surface area contributed by atoms with E-state index >= 15 is 0 Å². The van der Waals surface area contributed by atoms with Crippen molar-refractivity contribution < 1.29 is 4.74 Å². The number of piperazine rings is 1. The molecule has 9 heavy (non-hydrogen) atoms. The molecule has 0 aromatic rings. The maximum atomic E-state index is 4.99. The number of hydrogen-bond acceptors (Lipinski definition) is 3. The van der Waals surface area contributed by atoms with Gasteiger partial charge < -0.3 is 15.4 Å². The fourth-order valence-electron chi connectivity index (χ4n) is 1.24. The summed E-state index contributed by atoms with van der Waals surface area (Å²) in [6.07, 6.45) is 0. The maximum Gasteiger partial charge on any atom is 0.107 e. The van der Waals surface area contributed by atoms with Gasteiger partial charge in [0.05, 0.1) is 12.1 Å². The lowest BCUT2D eigenvalue weighted by Crippen LogP contribution is -2.67. The molecule has 0 saturated carbocycles. The summed E-state index contributed by atoms with van der Waals surface area (Å²) in [5, 5.41) is 6.69. The summed E-state index contributed by atoms with van der Waals surface area (Å²) in [5.74, 6) is 0. The third kappa shape index (κ3) is 0.852. The molecule has 0 aliphatic carbocycles. The Labute approximate surface area is 54.8 Å². The molecule has 0 amide bonds. The third-order valence-corrected chi connectivity index (χ3v) is 1.87. The topological polar surface area (TPSA) is 33.3 Å². The van der Waals surface area contributed by atoms with Crippen LogP contribution in [-0.2, 0) is 4.74 Å². The summed E-state index contributed by atoms with van der Waals surface area (Å²) < 4.78 is 4.99. The van der Waals surface area contributed by atoms with E-state index in [1.54, 1.807) is 0 Å². The first-order valence-electron chi connectivity index (χ1n) is 3.33. The van der Waals surface area contributed by atoms with Crippen LogP contribution in [-0.4, -0.2) is 31.8 Å². The Bertz CT molecular complexity index is 104. The Morgan fingerprint density at radius 1 is 1.44 bits per heavy atom. The highest BCUT2D eigenvalue weighted by Crippen LogP contribution is 2.21. The molecular formula is C6H11N2O. The van der Waals surface area contributed by atoms with Gasteiger partial charge in [0.25, 0.3) is 0 Å². The van der Waals surface area contributed by atoms with E-state index in [4.69, 9.17) is 4.74 Å². The highest BCUT2D eigenvalue weighted by molar-refractivity contribution is 5.06. The summed E-state index contributed by atoms with van der Waals surface area (Å²) in [5.41, 5.74) is 0.193. The molecule has 1 radical (unpaired) electrons. The molecule has 1 spiro atoms. The largest absolute Gasteiger partial charge is 0.371 e. The molecule has 51 valence electrons. The van der Waals surface area contributed by atoms with E-state index in [1.807, 2.05) is 6.61 Å². The number of ether oxygens (including phenoxy) is 1. The van der Waals surface area contributed by atoms with Gasteiger partial charge in [0.1, 0.15) is 6.61 Å². The lowest BCUT2D eigenvalue weighted by atomic mass is 9.96. The van der Waals surface area contributed by atoms with E-state index in [0.29, 0.717) is 0 Å². The minimum Gasteiger partial charge on any atom is -0.371 e. The van der Waals surface area contributed by atoms with Gasteiger partial charge in [0, 0.05) is 19.6 Å². The molecule has 1 atom stereocenters. The van der Waals surface area contributed by atoms with E-state index in [2.05, 4.69) is 10.6 Å². The van der Waals surface area contributed by atoms with E-state index in [-0.39, 0.29) is 5.54 Å². The summed E-state index contributed by atoms with van der Waals surface area (Å²) in [7, 11) is 0. The number of rotatable bonds is 0. The van der Waals surface area contributed by atoms with Crippen LogP contribution in [0.5, 0.6) is 0 Å². The fraction of sp³-hybridized carbons (Fsp3) is 0.833. The monoisotopic (exact) mass is 127 g/mol. The van der Waals surface area contributed by atoms with Crippen LogP contribution < -0.4 is 10.6 Å². The Morgan fingerprint density at radius 2 is 2.33 bits per heavy atom. The first kappa shape index (κ1) is 5.65. The fourth-order valence-corrected chi connectivity index (χ4v) is 1.24. The Kier molecular flexibility index (Phi) is 1.22. The van der Waals surface area contributed by atoms with Gasteiger partial charge in [-0.2, -0.15) is 0 Å². The normalized spacial score (nSPS) is 32.0. The molecule has 0 aromatic heterocycles. The number of nitrogens with one attached hydrogen (secondary N) is 2. The molecule has 2 saturated heterocycles. The van der Waals surface area contributed by atoms with Gasteiger partial charge in [-0.3, -0.25) is 0 Å². The smallest absolute Gasteiger partial charge is 0.107 e. The third-order valence-electron chi connectivity index (χ3n) is 1.87. The molecular weight excluding hydrogens is 116 g/mol. The molecule has 2 heterocycles. The molecule has 0 aromatic carbocycles. The van der Waals surface area contributed by atoms with Crippen molar-refractivity contribution in [1.29, 1.82) is 0 Å². The van der Waals surface area contributed by atoms with Crippen molar-refractivity contribution in [1.82, 2.24) is 10.6 Å². The van der Waals surface area contributed by atoms with Crippen LogP contribution in [0.15, 0.2) is 0 Å². The molecule has 2 fully saturated rings. The van der Waals surface area contributed by atoms with Gasteiger partial charge in [-0.25, -0.2) is 0 Å². The molecule has 2 aliphatic heterocycles. The van der Waals surface area contributed by atoms with Crippen LogP contribution in [0.2, 0.25) is 0 Å². The molecule has 3 nitrogen and oxygen atoms in total. The first-order valence-corrected chi connectivity index (χ1v) is 3.33. The van der Waals surface area contributed by atoms with Crippen LogP contribution in [0.25, 0.3) is 0 Å². The second-order valence-electron chi connectivity index (χ2n) is 2.69. The standard InChI is InChI=1S/C6H11N2O/c1-2-8-6(3-7-1)4-9-5-6/h4,7-8H,1-3,5H2. The molecule has 2 rings (SSSR count). The van der Waals surface area contributed by atoms with Crippen molar-refractivity contribution in [3.63, 3.8) is 0 Å². The Morgan fingerprint density at radius 3 is 2.67 bits per heavy atom. The Balaban J connectivity index is 1.93. The van der Waals surface area contributed by atoms with E-state index in [0.717, 1.165) is 26.2 Å². The predicted octanol–water partition coefficient (Wildman–Crippen LogP) is -0.890. The van der Waals surface area contributed by atoms with E-state index in [1.165, 1.54) is 0 Å². The molecule has 1 unspecified atom stereocenters. The van der Waals surface area contributed by atoms with Crippen molar-refractivity contribution >= 4 is 0 Å². The lowest BCUT2D eigenvalue weighted by molar-refractivity contribution is -0.0182. The zero-order chi connectivity index (χ0) is 6.16. The van der Waals surface area contributed by atoms with Crippen LogP contribution in [0.3, 0.4) is 0 Å². The summed E-state index contributed by atoms with van der Waals surface area (Å²) in [6.45, 7) is 5.88. The van der Waals surface area contributed by atoms with Crippen LogP contribution in [0, 0.1) is 6.61 Å². The minimum absolute atomic E-state index is 0.193. The van der Waals surface area contributed by atoms with Crippen molar-refractivity contribution in [2.75, 3.05) is 26.2 Å². The quantitative estimate of drug-likeness (QED) is 0.443. The van der Waals surface area contributed by atoms with Gasteiger partial charge in [0.2, 0.25) is 0 Å².